The molecule has 3 nitrogen and oxygen atoms in total. The van der Waals surface area contributed by atoms with Gasteiger partial charge in [0, 0.05) is 13.7 Å². The molecule has 0 heterocycles. The lowest BCUT2D eigenvalue weighted by atomic mass is 9.71. The molecule has 0 bridgehead atoms. The van der Waals surface area contributed by atoms with Crippen LogP contribution >= 0.6 is 0 Å². The van der Waals surface area contributed by atoms with Crippen LogP contribution in [-0.4, -0.2) is 33.5 Å². The van der Waals surface area contributed by atoms with Gasteiger partial charge in [-0.1, -0.05) is 19.3 Å². The summed E-state index contributed by atoms with van der Waals surface area (Å²) in [5.74, 6) is 0. The normalized spacial score (nSPS) is 19.9. The molecule has 1 aliphatic rings. The van der Waals surface area contributed by atoms with Gasteiger partial charge >= 0.3 is 0 Å². The van der Waals surface area contributed by atoms with Crippen LogP contribution in [0, 0.1) is 5.41 Å². The van der Waals surface area contributed by atoms with E-state index in [1.54, 1.807) is 7.11 Å². The second kappa shape index (κ2) is 8.04. The van der Waals surface area contributed by atoms with E-state index in [2.05, 4.69) is 0 Å². The molecule has 0 unspecified atom stereocenters. The summed E-state index contributed by atoms with van der Waals surface area (Å²) in [6.45, 7) is 3.12. The molecule has 0 saturated heterocycles. The van der Waals surface area contributed by atoms with E-state index in [0.29, 0.717) is 18.6 Å². The van der Waals surface area contributed by atoms with Crippen molar-refractivity contribution in [3.05, 3.63) is 0 Å². The first-order chi connectivity index (χ1) is 7.83. The minimum absolute atomic E-state index is 0.433. The Morgan fingerprint density at radius 2 is 1.81 bits per heavy atom. The molecular formula is C13H27NO2. The van der Waals surface area contributed by atoms with Gasteiger partial charge in [-0.25, -0.2) is 0 Å². The van der Waals surface area contributed by atoms with Crippen LogP contribution < -0.4 is 5.73 Å². The molecule has 96 valence electrons. The zero-order valence-corrected chi connectivity index (χ0v) is 10.7. The summed E-state index contributed by atoms with van der Waals surface area (Å²) in [6, 6.07) is 0. The van der Waals surface area contributed by atoms with Gasteiger partial charge in [-0.15, -0.1) is 0 Å². The second-order valence-electron chi connectivity index (χ2n) is 4.97. The Morgan fingerprint density at radius 3 is 2.44 bits per heavy atom. The molecule has 0 spiro atoms. The summed E-state index contributed by atoms with van der Waals surface area (Å²) in [4.78, 5) is 0. The monoisotopic (exact) mass is 229 g/mol. The lowest BCUT2D eigenvalue weighted by molar-refractivity contribution is 0.0604. The van der Waals surface area contributed by atoms with E-state index >= 15 is 0 Å². The van der Waals surface area contributed by atoms with Crippen LogP contribution in [0.2, 0.25) is 0 Å². The summed E-state index contributed by atoms with van der Waals surface area (Å²) in [5, 5.41) is 0. The van der Waals surface area contributed by atoms with Crippen LogP contribution in [0.3, 0.4) is 0 Å². The highest BCUT2D eigenvalue weighted by atomic mass is 16.5. The first-order valence-corrected chi connectivity index (χ1v) is 6.60. The van der Waals surface area contributed by atoms with Crippen molar-refractivity contribution in [2.75, 3.05) is 33.5 Å². The first kappa shape index (κ1) is 13.9. The van der Waals surface area contributed by atoms with Crippen LogP contribution in [0.5, 0.6) is 0 Å². The predicted octanol–water partition coefficient (Wildman–Crippen LogP) is 2.34. The molecule has 1 fully saturated rings. The summed E-state index contributed by atoms with van der Waals surface area (Å²) in [5.41, 5.74) is 6.37. The molecular weight excluding hydrogens is 202 g/mol. The van der Waals surface area contributed by atoms with E-state index in [1.165, 1.54) is 38.5 Å². The van der Waals surface area contributed by atoms with Crippen LogP contribution in [0.15, 0.2) is 0 Å². The number of ether oxygens (including phenoxy) is 2. The molecule has 3 heteroatoms. The van der Waals surface area contributed by atoms with Crippen molar-refractivity contribution in [1.82, 2.24) is 0 Å². The molecule has 0 aromatic rings. The Morgan fingerprint density at radius 1 is 1.06 bits per heavy atom. The minimum Gasteiger partial charge on any atom is -0.382 e. The van der Waals surface area contributed by atoms with Crippen LogP contribution in [0.25, 0.3) is 0 Å². The minimum atomic E-state index is 0.433. The fraction of sp³-hybridized carbons (Fsp3) is 1.00. The Balaban J connectivity index is 2.08. The maximum atomic E-state index is 5.94. The fourth-order valence-corrected chi connectivity index (χ4v) is 2.65. The van der Waals surface area contributed by atoms with Crippen molar-refractivity contribution in [2.24, 2.45) is 11.1 Å². The molecule has 0 aromatic heterocycles. The standard InChI is InChI=1S/C13H27NO2/c1-15-10-11-16-9-5-8-13(12-14)6-3-2-4-7-13/h2-12,14H2,1H3. The second-order valence-corrected chi connectivity index (χ2v) is 4.97. The number of methoxy groups -OCH3 is 1. The Hall–Kier alpha value is -0.120. The summed E-state index contributed by atoms with van der Waals surface area (Å²) in [7, 11) is 1.70. The fourth-order valence-electron chi connectivity index (χ4n) is 2.65. The molecule has 16 heavy (non-hydrogen) atoms. The average molecular weight is 229 g/mol. The zero-order chi connectivity index (χ0) is 11.7. The van der Waals surface area contributed by atoms with Gasteiger partial charge < -0.3 is 15.2 Å². The third-order valence-corrected chi connectivity index (χ3v) is 3.77. The van der Waals surface area contributed by atoms with Crippen molar-refractivity contribution < 1.29 is 9.47 Å². The van der Waals surface area contributed by atoms with Gasteiger partial charge in [-0.3, -0.25) is 0 Å². The van der Waals surface area contributed by atoms with Crippen molar-refractivity contribution in [1.29, 1.82) is 0 Å². The van der Waals surface area contributed by atoms with E-state index < -0.39 is 0 Å². The van der Waals surface area contributed by atoms with Gasteiger partial charge in [0.15, 0.2) is 0 Å². The smallest absolute Gasteiger partial charge is 0.0700 e. The van der Waals surface area contributed by atoms with Crippen LogP contribution in [0.4, 0.5) is 0 Å². The highest BCUT2D eigenvalue weighted by Crippen LogP contribution is 2.39. The number of hydrogen-bond donors (Lipinski definition) is 1. The maximum absolute atomic E-state index is 5.94. The number of hydrogen-bond acceptors (Lipinski definition) is 3. The van der Waals surface area contributed by atoms with Gasteiger partial charge in [-0.05, 0) is 37.6 Å². The molecule has 0 aliphatic heterocycles. The summed E-state index contributed by atoms with van der Waals surface area (Å²) >= 11 is 0. The van der Waals surface area contributed by atoms with Gasteiger partial charge in [-0.2, -0.15) is 0 Å². The topological polar surface area (TPSA) is 44.5 Å². The molecule has 1 saturated carbocycles. The summed E-state index contributed by atoms with van der Waals surface area (Å²) in [6.07, 6.45) is 9.14. The largest absolute Gasteiger partial charge is 0.382 e. The van der Waals surface area contributed by atoms with E-state index in [0.717, 1.165) is 19.6 Å². The van der Waals surface area contributed by atoms with Gasteiger partial charge in [0.1, 0.15) is 0 Å². The molecule has 2 N–H and O–H groups in total. The Kier molecular flexibility index (Phi) is 7.01. The van der Waals surface area contributed by atoms with E-state index in [-0.39, 0.29) is 0 Å². The van der Waals surface area contributed by atoms with E-state index in [1.807, 2.05) is 0 Å². The van der Waals surface area contributed by atoms with Crippen molar-refractivity contribution in [3.8, 4) is 0 Å². The average Bonchev–Trinajstić information content (AvgIpc) is 2.35. The van der Waals surface area contributed by atoms with Gasteiger partial charge in [0.05, 0.1) is 13.2 Å². The van der Waals surface area contributed by atoms with E-state index in [9.17, 15) is 0 Å². The van der Waals surface area contributed by atoms with Crippen molar-refractivity contribution >= 4 is 0 Å². The van der Waals surface area contributed by atoms with Gasteiger partial charge in [0.25, 0.3) is 0 Å². The molecule has 1 rings (SSSR count). The maximum Gasteiger partial charge on any atom is 0.0700 e. The molecule has 0 amide bonds. The Bertz CT molecular complexity index is 167. The predicted molar refractivity (Wildman–Crippen MR) is 66.5 cm³/mol. The lowest BCUT2D eigenvalue weighted by Gasteiger charge is -2.36. The highest BCUT2D eigenvalue weighted by Gasteiger charge is 2.29. The molecule has 1 aliphatic carbocycles. The zero-order valence-electron chi connectivity index (χ0n) is 10.7. The highest BCUT2D eigenvalue weighted by molar-refractivity contribution is 4.83. The van der Waals surface area contributed by atoms with Gasteiger partial charge in [0.2, 0.25) is 0 Å². The Labute approximate surface area is 99.7 Å². The third kappa shape index (κ3) is 4.81. The van der Waals surface area contributed by atoms with Crippen molar-refractivity contribution in [2.45, 2.75) is 44.9 Å². The molecule has 0 aromatic carbocycles. The number of nitrogens with two attached hydrogens (primary N) is 1. The SMILES string of the molecule is COCCOCCCC1(CN)CCCCC1. The molecule has 0 radical (unpaired) electrons. The molecule has 0 atom stereocenters. The lowest BCUT2D eigenvalue weighted by Crippen LogP contribution is -2.33. The van der Waals surface area contributed by atoms with Crippen molar-refractivity contribution in [3.63, 3.8) is 0 Å². The van der Waals surface area contributed by atoms with Crippen LogP contribution in [0.1, 0.15) is 44.9 Å². The number of rotatable bonds is 8. The summed E-state index contributed by atoms with van der Waals surface area (Å²) < 4.78 is 10.4. The van der Waals surface area contributed by atoms with Crippen LogP contribution in [-0.2, 0) is 9.47 Å². The first-order valence-electron chi connectivity index (χ1n) is 6.60. The third-order valence-electron chi connectivity index (χ3n) is 3.77. The van der Waals surface area contributed by atoms with E-state index in [4.69, 9.17) is 15.2 Å². The quantitative estimate of drug-likeness (QED) is 0.650.